The van der Waals surface area contributed by atoms with Gasteiger partial charge in [-0.15, -0.1) is 0 Å². The maximum Gasteiger partial charge on any atom is 0.374 e. The van der Waals surface area contributed by atoms with Crippen molar-refractivity contribution in [3.8, 4) is 22.8 Å². The summed E-state index contributed by atoms with van der Waals surface area (Å²) in [6, 6.07) is 4.55. The van der Waals surface area contributed by atoms with Gasteiger partial charge in [0.25, 0.3) is 0 Å². The van der Waals surface area contributed by atoms with Crippen LogP contribution in [-0.2, 0) is 0 Å². The number of halogens is 1. The van der Waals surface area contributed by atoms with Gasteiger partial charge >= 0.3 is 5.97 Å². The first-order chi connectivity index (χ1) is 9.08. The highest BCUT2D eigenvalue weighted by molar-refractivity contribution is 6.32. The van der Waals surface area contributed by atoms with Gasteiger partial charge in [-0.1, -0.05) is 16.8 Å². The third kappa shape index (κ3) is 2.34. The monoisotopic (exact) mass is 283 g/mol. The number of carboxylic acid groups (broad SMARTS) is 1. The summed E-state index contributed by atoms with van der Waals surface area (Å²) in [5.74, 6) is -0.744. The molecule has 1 heterocycles. The summed E-state index contributed by atoms with van der Waals surface area (Å²) in [5.41, 5.74) is 0.851. The molecule has 0 aliphatic carbocycles. The summed E-state index contributed by atoms with van der Waals surface area (Å²) < 4.78 is 15.1. The molecule has 2 aromatic rings. The van der Waals surface area contributed by atoms with Crippen LogP contribution >= 0.6 is 11.6 Å². The predicted octanol–water partition coefficient (Wildman–Crippen LogP) is 2.71. The molecule has 0 saturated carbocycles. The van der Waals surface area contributed by atoms with E-state index in [0.29, 0.717) is 27.8 Å². The number of hydrogen-bond donors (Lipinski definition) is 1. The Labute approximate surface area is 113 Å². The van der Waals surface area contributed by atoms with Gasteiger partial charge in [-0.25, -0.2) is 4.79 Å². The van der Waals surface area contributed by atoms with Crippen LogP contribution < -0.4 is 9.47 Å². The van der Waals surface area contributed by atoms with Gasteiger partial charge in [0.05, 0.1) is 19.2 Å². The number of carboxylic acids is 1. The number of aromatic nitrogens is 1. The van der Waals surface area contributed by atoms with Crippen LogP contribution in [0.1, 0.15) is 10.6 Å². The molecular formula is C12H10ClNO5. The molecule has 7 heteroatoms. The number of methoxy groups -OCH3 is 2. The van der Waals surface area contributed by atoms with Gasteiger partial charge in [0.15, 0.2) is 11.5 Å². The molecule has 1 N–H and O–H groups in total. The fourth-order valence-corrected chi connectivity index (χ4v) is 1.86. The maximum atomic E-state index is 10.8. The van der Waals surface area contributed by atoms with E-state index >= 15 is 0 Å². The Bertz CT molecular complexity index is 623. The molecule has 0 atom stereocenters. The fourth-order valence-electron chi connectivity index (χ4n) is 1.64. The lowest BCUT2D eigenvalue weighted by molar-refractivity contribution is 0.0652. The lowest BCUT2D eigenvalue weighted by atomic mass is 10.1. The van der Waals surface area contributed by atoms with Crippen molar-refractivity contribution in [2.24, 2.45) is 0 Å². The molecule has 0 spiro atoms. The maximum absolute atomic E-state index is 10.8. The summed E-state index contributed by atoms with van der Waals surface area (Å²) in [6.45, 7) is 0. The molecule has 0 amide bonds. The molecule has 0 unspecified atom stereocenters. The van der Waals surface area contributed by atoms with Gasteiger partial charge in [0.1, 0.15) is 5.69 Å². The third-order valence-electron chi connectivity index (χ3n) is 2.47. The molecule has 100 valence electrons. The Balaban J connectivity index is 2.58. The number of nitrogens with zero attached hydrogens (tertiary/aromatic N) is 1. The van der Waals surface area contributed by atoms with Crippen LogP contribution in [0.4, 0.5) is 0 Å². The van der Waals surface area contributed by atoms with E-state index in [1.165, 1.54) is 20.3 Å². The van der Waals surface area contributed by atoms with Crippen molar-refractivity contribution in [2.75, 3.05) is 14.2 Å². The van der Waals surface area contributed by atoms with Gasteiger partial charge in [-0.2, -0.15) is 0 Å². The minimum atomic E-state index is -1.20. The molecule has 1 aromatic heterocycles. The summed E-state index contributed by atoms with van der Waals surface area (Å²) >= 11 is 5.98. The number of aromatic carboxylic acids is 1. The summed E-state index contributed by atoms with van der Waals surface area (Å²) in [4.78, 5) is 10.8. The Morgan fingerprint density at radius 1 is 1.32 bits per heavy atom. The fraction of sp³-hybridized carbons (Fsp3) is 0.167. The average molecular weight is 284 g/mol. The SMILES string of the molecule is COc1c(Cl)ccc(-c2cc(C(=O)O)on2)c1OC. The van der Waals surface area contributed by atoms with Crippen molar-refractivity contribution in [3.05, 3.63) is 29.0 Å². The van der Waals surface area contributed by atoms with E-state index in [9.17, 15) is 4.79 Å². The largest absolute Gasteiger partial charge is 0.492 e. The van der Waals surface area contributed by atoms with Crippen molar-refractivity contribution >= 4 is 17.6 Å². The van der Waals surface area contributed by atoms with E-state index in [0.717, 1.165) is 0 Å². The second-order valence-corrected chi connectivity index (χ2v) is 3.95. The van der Waals surface area contributed by atoms with Crippen molar-refractivity contribution in [1.29, 1.82) is 0 Å². The van der Waals surface area contributed by atoms with E-state index < -0.39 is 5.97 Å². The van der Waals surface area contributed by atoms with Crippen LogP contribution in [0.5, 0.6) is 11.5 Å². The molecule has 19 heavy (non-hydrogen) atoms. The molecule has 0 saturated heterocycles. The normalized spacial score (nSPS) is 10.3. The molecule has 1 aromatic carbocycles. The van der Waals surface area contributed by atoms with Gasteiger partial charge in [0.2, 0.25) is 5.76 Å². The lowest BCUT2D eigenvalue weighted by Gasteiger charge is -2.12. The highest BCUT2D eigenvalue weighted by Gasteiger charge is 2.19. The van der Waals surface area contributed by atoms with Crippen molar-refractivity contribution in [2.45, 2.75) is 0 Å². The first-order valence-corrected chi connectivity index (χ1v) is 5.57. The molecule has 6 nitrogen and oxygen atoms in total. The van der Waals surface area contributed by atoms with E-state index in [-0.39, 0.29) is 5.76 Å². The molecule has 0 fully saturated rings. The zero-order chi connectivity index (χ0) is 14.0. The number of ether oxygens (including phenoxy) is 2. The second-order valence-electron chi connectivity index (χ2n) is 3.54. The van der Waals surface area contributed by atoms with Crippen LogP contribution in [-0.4, -0.2) is 30.5 Å². The number of benzene rings is 1. The Kier molecular flexibility index (Phi) is 3.62. The third-order valence-corrected chi connectivity index (χ3v) is 2.77. The van der Waals surface area contributed by atoms with Crippen LogP contribution in [0.25, 0.3) is 11.3 Å². The zero-order valence-electron chi connectivity index (χ0n) is 10.1. The number of rotatable bonds is 4. The lowest BCUT2D eigenvalue weighted by Crippen LogP contribution is -1.94. The van der Waals surface area contributed by atoms with Gasteiger partial charge in [-0.05, 0) is 12.1 Å². The highest BCUT2D eigenvalue weighted by Crippen LogP contribution is 2.42. The average Bonchev–Trinajstić information content (AvgIpc) is 2.87. The smallest absolute Gasteiger partial charge is 0.374 e. The van der Waals surface area contributed by atoms with Crippen molar-refractivity contribution < 1.29 is 23.9 Å². The Morgan fingerprint density at radius 2 is 2.00 bits per heavy atom. The standard InChI is InChI=1S/C12H10ClNO5/c1-17-10-6(3-4-7(13)11(10)18-2)8-5-9(12(15)16)19-14-8/h3-5H,1-2H3,(H,15,16). The second kappa shape index (κ2) is 5.19. The summed E-state index contributed by atoms with van der Waals surface area (Å²) in [5, 5.41) is 12.9. The Hall–Kier alpha value is -2.21. The summed E-state index contributed by atoms with van der Waals surface area (Å²) in [7, 11) is 2.91. The van der Waals surface area contributed by atoms with E-state index in [2.05, 4.69) is 5.16 Å². The van der Waals surface area contributed by atoms with Crippen LogP contribution in [0.2, 0.25) is 5.02 Å². The molecule has 0 aliphatic heterocycles. The van der Waals surface area contributed by atoms with Crippen molar-refractivity contribution in [3.63, 3.8) is 0 Å². The molecule has 0 bridgehead atoms. The predicted molar refractivity (Wildman–Crippen MR) is 67.0 cm³/mol. The number of carbonyl (C=O) groups is 1. The Morgan fingerprint density at radius 3 is 2.53 bits per heavy atom. The van der Waals surface area contributed by atoms with Crippen LogP contribution in [0, 0.1) is 0 Å². The molecule has 0 radical (unpaired) electrons. The van der Waals surface area contributed by atoms with E-state index in [1.807, 2.05) is 0 Å². The first-order valence-electron chi connectivity index (χ1n) is 5.19. The van der Waals surface area contributed by atoms with Gasteiger partial charge in [0, 0.05) is 11.6 Å². The van der Waals surface area contributed by atoms with E-state index in [1.54, 1.807) is 12.1 Å². The van der Waals surface area contributed by atoms with Gasteiger partial charge in [-0.3, -0.25) is 0 Å². The van der Waals surface area contributed by atoms with Crippen LogP contribution in [0.3, 0.4) is 0 Å². The molecular weight excluding hydrogens is 274 g/mol. The zero-order valence-corrected chi connectivity index (χ0v) is 10.9. The minimum absolute atomic E-state index is 0.258. The summed E-state index contributed by atoms with van der Waals surface area (Å²) in [6.07, 6.45) is 0. The first kappa shape index (κ1) is 13.2. The van der Waals surface area contributed by atoms with Crippen LogP contribution in [0.15, 0.2) is 22.7 Å². The molecule has 2 rings (SSSR count). The minimum Gasteiger partial charge on any atom is -0.492 e. The van der Waals surface area contributed by atoms with Gasteiger partial charge < -0.3 is 19.1 Å². The van der Waals surface area contributed by atoms with Crippen molar-refractivity contribution in [1.82, 2.24) is 5.16 Å². The molecule has 0 aliphatic rings. The van der Waals surface area contributed by atoms with E-state index in [4.69, 9.17) is 30.7 Å². The topological polar surface area (TPSA) is 81.8 Å². The highest BCUT2D eigenvalue weighted by atomic mass is 35.5. The quantitative estimate of drug-likeness (QED) is 0.929. The number of hydrogen-bond acceptors (Lipinski definition) is 5.